The van der Waals surface area contributed by atoms with Gasteiger partial charge < -0.3 is 14.9 Å². The van der Waals surface area contributed by atoms with Gasteiger partial charge in [0.25, 0.3) is 0 Å². The summed E-state index contributed by atoms with van der Waals surface area (Å²) in [6.45, 7) is 2.95. The highest BCUT2D eigenvalue weighted by Crippen LogP contribution is 2.22. The summed E-state index contributed by atoms with van der Waals surface area (Å²) in [4.78, 5) is 25.8. The SMILES string of the molecule is O=C(O)CC1CN(C(=O)N2CCCC2)C1. The molecule has 2 rings (SSSR count). The van der Waals surface area contributed by atoms with E-state index >= 15 is 0 Å². The van der Waals surface area contributed by atoms with Crippen molar-refractivity contribution in [2.45, 2.75) is 19.3 Å². The zero-order valence-corrected chi connectivity index (χ0v) is 8.69. The van der Waals surface area contributed by atoms with Crippen molar-refractivity contribution in [1.29, 1.82) is 0 Å². The van der Waals surface area contributed by atoms with Crippen molar-refractivity contribution in [1.82, 2.24) is 9.80 Å². The fraction of sp³-hybridized carbons (Fsp3) is 0.800. The number of carboxylic acid groups (broad SMARTS) is 1. The maximum Gasteiger partial charge on any atom is 0.320 e. The van der Waals surface area contributed by atoms with E-state index in [0.717, 1.165) is 25.9 Å². The molecule has 2 heterocycles. The van der Waals surface area contributed by atoms with Crippen LogP contribution in [0.1, 0.15) is 19.3 Å². The Hall–Kier alpha value is -1.26. The highest BCUT2D eigenvalue weighted by Gasteiger charge is 2.34. The van der Waals surface area contributed by atoms with Crippen molar-refractivity contribution in [2.24, 2.45) is 5.92 Å². The molecule has 2 fully saturated rings. The van der Waals surface area contributed by atoms with Crippen LogP contribution in [0.15, 0.2) is 0 Å². The number of urea groups is 1. The first kappa shape index (κ1) is 10.3. The Morgan fingerprint density at radius 1 is 1.13 bits per heavy atom. The summed E-state index contributed by atoms with van der Waals surface area (Å²) < 4.78 is 0. The lowest BCUT2D eigenvalue weighted by molar-refractivity contribution is -0.139. The molecule has 0 unspecified atom stereocenters. The van der Waals surface area contributed by atoms with Crippen molar-refractivity contribution in [3.05, 3.63) is 0 Å². The van der Waals surface area contributed by atoms with Crippen LogP contribution in [0.3, 0.4) is 0 Å². The molecule has 5 nitrogen and oxygen atoms in total. The van der Waals surface area contributed by atoms with Crippen LogP contribution in [0.25, 0.3) is 0 Å². The van der Waals surface area contributed by atoms with E-state index < -0.39 is 5.97 Å². The summed E-state index contributed by atoms with van der Waals surface area (Å²) in [6.07, 6.45) is 2.38. The number of carbonyl (C=O) groups excluding carboxylic acids is 1. The molecule has 0 bridgehead atoms. The second kappa shape index (κ2) is 4.08. The summed E-state index contributed by atoms with van der Waals surface area (Å²) in [7, 11) is 0. The van der Waals surface area contributed by atoms with Crippen LogP contribution in [-0.2, 0) is 4.79 Å². The van der Waals surface area contributed by atoms with Crippen LogP contribution >= 0.6 is 0 Å². The van der Waals surface area contributed by atoms with E-state index in [4.69, 9.17) is 5.11 Å². The summed E-state index contributed by atoms with van der Waals surface area (Å²) in [5.41, 5.74) is 0. The Balaban J connectivity index is 1.74. The van der Waals surface area contributed by atoms with Crippen LogP contribution in [0.4, 0.5) is 4.79 Å². The van der Waals surface area contributed by atoms with Gasteiger partial charge in [0.05, 0.1) is 6.42 Å². The minimum atomic E-state index is -0.770. The molecule has 0 saturated carbocycles. The number of nitrogens with zero attached hydrogens (tertiary/aromatic N) is 2. The summed E-state index contributed by atoms with van der Waals surface area (Å²) in [5.74, 6) is -0.609. The number of likely N-dealkylation sites (tertiary alicyclic amines) is 2. The molecule has 2 amide bonds. The molecule has 2 aliphatic heterocycles. The maximum absolute atomic E-state index is 11.8. The van der Waals surface area contributed by atoms with E-state index in [9.17, 15) is 9.59 Å². The molecule has 0 aromatic heterocycles. The van der Waals surface area contributed by atoms with Gasteiger partial charge in [-0.1, -0.05) is 0 Å². The Labute approximate surface area is 88.6 Å². The Kier molecular flexibility index (Phi) is 2.79. The van der Waals surface area contributed by atoms with E-state index in [1.165, 1.54) is 0 Å². The van der Waals surface area contributed by atoms with Crippen LogP contribution in [0, 0.1) is 5.92 Å². The standard InChI is InChI=1S/C10H16N2O3/c13-9(14)5-8-6-12(7-8)10(15)11-3-1-2-4-11/h8H,1-7H2,(H,13,14). The van der Waals surface area contributed by atoms with Crippen molar-refractivity contribution in [3.63, 3.8) is 0 Å². The van der Waals surface area contributed by atoms with E-state index in [1.54, 1.807) is 4.90 Å². The Morgan fingerprint density at radius 3 is 2.27 bits per heavy atom. The number of amides is 2. The van der Waals surface area contributed by atoms with Crippen molar-refractivity contribution >= 4 is 12.0 Å². The fourth-order valence-electron chi connectivity index (χ4n) is 2.21. The first-order chi connectivity index (χ1) is 7.16. The molecule has 2 aliphatic rings. The lowest BCUT2D eigenvalue weighted by Crippen LogP contribution is -2.54. The molecule has 0 aromatic rings. The molecular formula is C10H16N2O3. The lowest BCUT2D eigenvalue weighted by Gasteiger charge is -2.40. The molecule has 0 aromatic carbocycles. The number of carbonyl (C=O) groups is 2. The highest BCUT2D eigenvalue weighted by atomic mass is 16.4. The Bertz CT molecular complexity index is 268. The molecule has 0 spiro atoms. The molecule has 1 N–H and O–H groups in total. The first-order valence-corrected chi connectivity index (χ1v) is 5.42. The molecular weight excluding hydrogens is 196 g/mol. The number of rotatable bonds is 2. The second-order valence-electron chi connectivity index (χ2n) is 4.35. The third kappa shape index (κ3) is 2.22. The van der Waals surface area contributed by atoms with Crippen LogP contribution < -0.4 is 0 Å². The average Bonchev–Trinajstić information content (AvgIpc) is 2.61. The summed E-state index contributed by atoms with van der Waals surface area (Å²) in [5, 5.41) is 8.57. The number of hydrogen-bond donors (Lipinski definition) is 1. The molecule has 0 radical (unpaired) electrons. The maximum atomic E-state index is 11.8. The third-order valence-corrected chi connectivity index (χ3v) is 3.07. The van der Waals surface area contributed by atoms with Gasteiger partial charge in [-0.25, -0.2) is 4.79 Å². The zero-order chi connectivity index (χ0) is 10.8. The second-order valence-corrected chi connectivity index (χ2v) is 4.35. The average molecular weight is 212 g/mol. The normalized spacial score (nSPS) is 21.6. The van der Waals surface area contributed by atoms with Gasteiger partial charge in [0.1, 0.15) is 0 Å². The van der Waals surface area contributed by atoms with E-state index in [0.29, 0.717) is 13.1 Å². The number of aliphatic carboxylic acids is 1. The monoisotopic (exact) mass is 212 g/mol. The summed E-state index contributed by atoms with van der Waals surface area (Å²) in [6, 6.07) is 0.0918. The van der Waals surface area contributed by atoms with Gasteiger partial charge in [-0.2, -0.15) is 0 Å². The smallest absolute Gasteiger partial charge is 0.320 e. The highest BCUT2D eigenvalue weighted by molar-refractivity contribution is 5.76. The van der Waals surface area contributed by atoms with Gasteiger partial charge in [-0.15, -0.1) is 0 Å². The first-order valence-electron chi connectivity index (χ1n) is 5.42. The van der Waals surface area contributed by atoms with Crippen molar-refractivity contribution < 1.29 is 14.7 Å². The summed E-state index contributed by atoms with van der Waals surface area (Å²) >= 11 is 0. The third-order valence-electron chi connectivity index (χ3n) is 3.07. The molecule has 0 aliphatic carbocycles. The quantitative estimate of drug-likeness (QED) is 0.729. The van der Waals surface area contributed by atoms with Gasteiger partial charge >= 0.3 is 12.0 Å². The van der Waals surface area contributed by atoms with Crippen molar-refractivity contribution in [3.8, 4) is 0 Å². The van der Waals surface area contributed by atoms with Gasteiger partial charge in [0.2, 0.25) is 0 Å². The zero-order valence-electron chi connectivity index (χ0n) is 8.69. The van der Waals surface area contributed by atoms with Crippen LogP contribution in [0.2, 0.25) is 0 Å². The van der Waals surface area contributed by atoms with Gasteiger partial charge in [0, 0.05) is 32.1 Å². The van der Waals surface area contributed by atoms with Crippen molar-refractivity contribution in [2.75, 3.05) is 26.2 Å². The van der Waals surface area contributed by atoms with E-state index in [1.807, 2.05) is 4.90 Å². The molecule has 0 atom stereocenters. The van der Waals surface area contributed by atoms with Gasteiger partial charge in [0.15, 0.2) is 0 Å². The topological polar surface area (TPSA) is 60.9 Å². The van der Waals surface area contributed by atoms with Gasteiger partial charge in [-0.3, -0.25) is 4.79 Å². The van der Waals surface area contributed by atoms with Crippen LogP contribution in [0.5, 0.6) is 0 Å². The van der Waals surface area contributed by atoms with Gasteiger partial charge in [-0.05, 0) is 12.8 Å². The van der Waals surface area contributed by atoms with E-state index in [-0.39, 0.29) is 18.4 Å². The predicted molar refractivity (Wildman–Crippen MR) is 53.5 cm³/mol. The molecule has 5 heteroatoms. The lowest BCUT2D eigenvalue weighted by atomic mass is 9.97. The number of hydrogen-bond acceptors (Lipinski definition) is 2. The Morgan fingerprint density at radius 2 is 1.73 bits per heavy atom. The minimum Gasteiger partial charge on any atom is -0.481 e. The molecule has 2 saturated heterocycles. The van der Waals surface area contributed by atoms with E-state index in [2.05, 4.69) is 0 Å². The largest absolute Gasteiger partial charge is 0.481 e. The minimum absolute atomic E-state index is 0.0918. The van der Waals surface area contributed by atoms with Crippen LogP contribution in [-0.4, -0.2) is 53.1 Å². The number of carboxylic acids is 1. The predicted octanol–water partition coefficient (Wildman–Crippen LogP) is 0.609. The fourth-order valence-corrected chi connectivity index (χ4v) is 2.21. The molecule has 84 valence electrons. The molecule has 15 heavy (non-hydrogen) atoms.